The van der Waals surface area contributed by atoms with Crippen LogP contribution < -0.4 is 4.90 Å². The number of aliphatic hydroxyl groups excluding tert-OH is 1. The number of nitrogens with zero attached hydrogens (tertiary/aromatic N) is 1. The van der Waals surface area contributed by atoms with Gasteiger partial charge in [-0.2, -0.15) is 0 Å². The molecule has 0 aliphatic rings. The lowest BCUT2D eigenvalue weighted by Crippen LogP contribution is -2.41. The SMILES string of the molecule is CS(=O)(=O)c1ccc(N(c2ccccc2)C(CO)C(=O)O)cc1. The summed E-state index contributed by atoms with van der Waals surface area (Å²) in [7, 11) is -3.34. The number of rotatable bonds is 6. The van der Waals surface area contributed by atoms with Crippen LogP contribution in [0.25, 0.3) is 0 Å². The van der Waals surface area contributed by atoms with Crippen molar-refractivity contribution in [1.29, 1.82) is 0 Å². The molecule has 0 radical (unpaired) electrons. The Bertz CT molecular complexity index is 772. The average Bonchev–Trinajstić information content (AvgIpc) is 2.52. The second-order valence-electron chi connectivity index (χ2n) is 5.01. The number of carboxylic acids is 1. The maximum absolute atomic E-state index is 11.5. The summed E-state index contributed by atoms with van der Waals surface area (Å²) in [5.41, 5.74) is 1.06. The van der Waals surface area contributed by atoms with Gasteiger partial charge >= 0.3 is 5.97 Å². The van der Waals surface area contributed by atoms with Crippen LogP contribution in [-0.4, -0.2) is 43.5 Å². The molecule has 7 heteroatoms. The number of carbonyl (C=O) groups is 1. The number of anilines is 2. The molecular weight excluding hydrogens is 318 g/mol. The van der Waals surface area contributed by atoms with Crippen molar-refractivity contribution in [3.63, 3.8) is 0 Å². The molecule has 0 bridgehead atoms. The van der Waals surface area contributed by atoms with Gasteiger partial charge in [0.05, 0.1) is 11.5 Å². The zero-order chi connectivity index (χ0) is 17.0. The highest BCUT2D eigenvalue weighted by molar-refractivity contribution is 7.90. The van der Waals surface area contributed by atoms with Gasteiger partial charge in [-0.1, -0.05) is 18.2 Å². The molecule has 0 saturated carbocycles. The molecule has 1 unspecified atom stereocenters. The smallest absolute Gasteiger partial charge is 0.329 e. The molecule has 1 atom stereocenters. The van der Waals surface area contributed by atoms with Gasteiger partial charge in [0, 0.05) is 17.6 Å². The molecule has 2 N–H and O–H groups in total. The third-order valence-electron chi connectivity index (χ3n) is 3.35. The maximum Gasteiger partial charge on any atom is 0.329 e. The highest BCUT2D eigenvalue weighted by atomic mass is 32.2. The molecule has 0 spiro atoms. The molecule has 2 aromatic carbocycles. The summed E-state index contributed by atoms with van der Waals surface area (Å²) in [6.45, 7) is -0.585. The van der Waals surface area contributed by atoms with Crippen molar-refractivity contribution in [3.05, 3.63) is 54.6 Å². The fraction of sp³-hybridized carbons (Fsp3) is 0.188. The van der Waals surface area contributed by atoms with Crippen LogP contribution in [0.5, 0.6) is 0 Å². The van der Waals surface area contributed by atoms with Crippen LogP contribution >= 0.6 is 0 Å². The topological polar surface area (TPSA) is 94.9 Å². The summed E-state index contributed by atoms with van der Waals surface area (Å²) in [6.07, 6.45) is 1.10. The van der Waals surface area contributed by atoms with Crippen LogP contribution in [0.1, 0.15) is 0 Å². The Labute approximate surface area is 134 Å². The van der Waals surface area contributed by atoms with E-state index in [4.69, 9.17) is 0 Å². The number of aliphatic hydroxyl groups is 1. The summed E-state index contributed by atoms with van der Waals surface area (Å²) in [5.74, 6) is -1.18. The second kappa shape index (κ2) is 6.80. The predicted molar refractivity (Wildman–Crippen MR) is 86.6 cm³/mol. The van der Waals surface area contributed by atoms with E-state index in [1.807, 2.05) is 0 Å². The molecule has 2 aromatic rings. The van der Waals surface area contributed by atoms with Crippen molar-refractivity contribution >= 4 is 27.2 Å². The van der Waals surface area contributed by atoms with Crippen LogP contribution in [-0.2, 0) is 14.6 Å². The zero-order valence-corrected chi connectivity index (χ0v) is 13.3. The number of aliphatic carboxylic acids is 1. The van der Waals surface area contributed by atoms with E-state index in [9.17, 15) is 23.4 Å². The monoisotopic (exact) mass is 335 g/mol. The van der Waals surface area contributed by atoms with Gasteiger partial charge in [0.2, 0.25) is 0 Å². The Hall–Kier alpha value is -2.38. The lowest BCUT2D eigenvalue weighted by molar-refractivity contribution is -0.139. The Kier molecular flexibility index (Phi) is 5.02. The Morgan fingerprint density at radius 3 is 2.00 bits per heavy atom. The van der Waals surface area contributed by atoms with E-state index in [0.29, 0.717) is 11.4 Å². The molecule has 6 nitrogen and oxygen atoms in total. The molecule has 2 rings (SSSR count). The first-order valence-corrected chi connectivity index (χ1v) is 8.72. The van der Waals surface area contributed by atoms with Crippen molar-refractivity contribution < 1.29 is 23.4 Å². The third kappa shape index (κ3) is 3.88. The van der Waals surface area contributed by atoms with E-state index in [1.165, 1.54) is 29.2 Å². The Morgan fingerprint density at radius 1 is 1.04 bits per heavy atom. The summed E-state index contributed by atoms with van der Waals surface area (Å²) < 4.78 is 23.1. The van der Waals surface area contributed by atoms with Gasteiger partial charge in [0.25, 0.3) is 0 Å². The van der Waals surface area contributed by atoms with Crippen molar-refractivity contribution in [1.82, 2.24) is 0 Å². The highest BCUT2D eigenvalue weighted by Gasteiger charge is 2.26. The number of benzene rings is 2. The van der Waals surface area contributed by atoms with Gasteiger partial charge in [0.1, 0.15) is 0 Å². The van der Waals surface area contributed by atoms with Gasteiger partial charge in [-0.05, 0) is 36.4 Å². The second-order valence-corrected chi connectivity index (χ2v) is 7.02. The standard InChI is InChI=1S/C16H17NO5S/c1-23(21,22)14-9-7-13(8-10-14)17(15(11-18)16(19)20)12-5-3-2-4-6-12/h2-10,15,18H,11H2,1H3,(H,19,20). The zero-order valence-electron chi connectivity index (χ0n) is 12.5. The lowest BCUT2D eigenvalue weighted by atomic mass is 10.1. The molecule has 0 aliphatic carbocycles. The summed E-state index contributed by atoms with van der Waals surface area (Å²) in [6, 6.07) is 13.4. The van der Waals surface area contributed by atoms with Crippen LogP contribution in [0.15, 0.2) is 59.5 Å². The van der Waals surface area contributed by atoms with E-state index in [2.05, 4.69) is 0 Å². The molecular formula is C16H17NO5S. The molecule has 23 heavy (non-hydrogen) atoms. The first kappa shape index (κ1) is 17.0. The minimum Gasteiger partial charge on any atom is -0.480 e. The van der Waals surface area contributed by atoms with Crippen molar-refractivity contribution in [2.45, 2.75) is 10.9 Å². The Balaban J connectivity index is 2.52. The quantitative estimate of drug-likeness (QED) is 0.834. The van der Waals surface area contributed by atoms with E-state index in [1.54, 1.807) is 30.3 Å². The van der Waals surface area contributed by atoms with E-state index >= 15 is 0 Å². The largest absolute Gasteiger partial charge is 0.480 e. The van der Waals surface area contributed by atoms with E-state index < -0.39 is 28.5 Å². The Morgan fingerprint density at radius 2 is 1.57 bits per heavy atom. The predicted octanol–water partition coefficient (Wildman–Crippen LogP) is 1.67. The van der Waals surface area contributed by atoms with E-state index in [0.717, 1.165) is 6.26 Å². The van der Waals surface area contributed by atoms with Gasteiger partial charge in [-0.3, -0.25) is 0 Å². The molecule has 0 aromatic heterocycles. The van der Waals surface area contributed by atoms with Crippen LogP contribution in [0.2, 0.25) is 0 Å². The third-order valence-corrected chi connectivity index (χ3v) is 4.48. The van der Waals surface area contributed by atoms with Gasteiger partial charge in [0.15, 0.2) is 15.9 Å². The van der Waals surface area contributed by atoms with E-state index in [-0.39, 0.29) is 4.90 Å². The first-order valence-electron chi connectivity index (χ1n) is 6.82. The molecule has 0 heterocycles. The van der Waals surface area contributed by atoms with Crippen molar-refractivity contribution in [2.75, 3.05) is 17.8 Å². The number of hydrogen-bond acceptors (Lipinski definition) is 5. The van der Waals surface area contributed by atoms with Crippen molar-refractivity contribution in [2.24, 2.45) is 0 Å². The summed E-state index contributed by atoms with van der Waals surface area (Å²) >= 11 is 0. The van der Waals surface area contributed by atoms with Crippen LogP contribution in [0.3, 0.4) is 0 Å². The molecule has 0 fully saturated rings. The van der Waals surface area contributed by atoms with Gasteiger partial charge in [-0.15, -0.1) is 0 Å². The van der Waals surface area contributed by atoms with Gasteiger partial charge < -0.3 is 15.1 Å². The fourth-order valence-corrected chi connectivity index (χ4v) is 2.85. The maximum atomic E-state index is 11.5. The van der Waals surface area contributed by atoms with Crippen LogP contribution in [0.4, 0.5) is 11.4 Å². The molecule has 0 amide bonds. The molecule has 122 valence electrons. The minimum absolute atomic E-state index is 0.144. The summed E-state index contributed by atoms with van der Waals surface area (Å²) in [4.78, 5) is 13.0. The fourth-order valence-electron chi connectivity index (χ4n) is 2.22. The number of sulfone groups is 1. The van der Waals surface area contributed by atoms with Crippen molar-refractivity contribution in [3.8, 4) is 0 Å². The highest BCUT2D eigenvalue weighted by Crippen LogP contribution is 2.28. The number of para-hydroxylation sites is 1. The normalized spacial score (nSPS) is 12.6. The molecule has 0 saturated heterocycles. The molecule has 0 aliphatic heterocycles. The van der Waals surface area contributed by atoms with Crippen LogP contribution in [0, 0.1) is 0 Å². The number of carboxylic acid groups (broad SMARTS) is 1. The summed E-state index contributed by atoms with van der Waals surface area (Å²) in [5, 5.41) is 18.8. The lowest BCUT2D eigenvalue weighted by Gasteiger charge is -2.30. The minimum atomic E-state index is -3.34. The average molecular weight is 335 g/mol. The first-order chi connectivity index (χ1) is 10.8. The number of hydrogen-bond donors (Lipinski definition) is 2. The van der Waals surface area contributed by atoms with Gasteiger partial charge in [-0.25, -0.2) is 13.2 Å².